The molecule has 1 saturated heterocycles. The molecule has 3 aromatic rings. The van der Waals surface area contributed by atoms with Gasteiger partial charge in [-0.1, -0.05) is 23.2 Å². The minimum Gasteiger partial charge on any atom is -0.444 e. The smallest absolute Gasteiger partial charge is 0.410 e. The number of alkyl halides is 1. The van der Waals surface area contributed by atoms with E-state index < -0.39 is 23.8 Å². The average molecular weight is 521 g/mol. The Kier molecular flexibility index (Phi) is 6.25. The number of piperidine rings is 1. The molecule has 0 radical (unpaired) electrons. The highest BCUT2D eigenvalue weighted by molar-refractivity contribution is 6.32. The second-order valence-electron chi connectivity index (χ2n) is 10.1. The van der Waals surface area contributed by atoms with Crippen LogP contribution in [0.2, 0.25) is 10.2 Å². The SMILES string of the molecule is CC(C)(C)OC(=O)N1CC[C@@H](c2cc3nc(Nc4cnn(C5CC5)c4Cl)ncc3cc2Cl)[C@H](F)C1. The lowest BCUT2D eigenvalue weighted by molar-refractivity contribution is 0.0111. The van der Waals surface area contributed by atoms with Crippen LogP contribution in [0.1, 0.15) is 57.6 Å². The molecule has 2 aromatic heterocycles. The molecule has 11 heteroatoms. The number of nitrogens with zero attached hydrogens (tertiary/aromatic N) is 5. The number of halogens is 3. The number of hydrogen-bond acceptors (Lipinski definition) is 6. The lowest BCUT2D eigenvalue weighted by Crippen LogP contribution is -2.46. The van der Waals surface area contributed by atoms with Gasteiger partial charge >= 0.3 is 6.09 Å². The minimum atomic E-state index is -1.28. The first-order chi connectivity index (χ1) is 16.6. The molecular formula is C24H27Cl2FN6O2. The van der Waals surface area contributed by atoms with E-state index in [1.54, 1.807) is 50.0 Å². The molecule has 0 bridgehead atoms. The summed E-state index contributed by atoms with van der Waals surface area (Å²) in [4.78, 5) is 22.7. The third-order valence-electron chi connectivity index (χ3n) is 6.16. The van der Waals surface area contributed by atoms with Crippen LogP contribution in [0.15, 0.2) is 24.5 Å². The summed E-state index contributed by atoms with van der Waals surface area (Å²) in [5.74, 6) is -0.0947. The zero-order valence-corrected chi connectivity index (χ0v) is 21.3. The quantitative estimate of drug-likeness (QED) is 0.436. The van der Waals surface area contributed by atoms with Crippen molar-refractivity contribution in [1.29, 1.82) is 0 Å². The maximum Gasteiger partial charge on any atom is 0.410 e. The molecule has 0 spiro atoms. The second kappa shape index (κ2) is 9.09. The highest BCUT2D eigenvalue weighted by Gasteiger charge is 2.35. The molecule has 8 nitrogen and oxygen atoms in total. The molecule has 0 unspecified atom stereocenters. The summed E-state index contributed by atoms with van der Waals surface area (Å²) >= 11 is 13.0. The van der Waals surface area contributed by atoms with Crippen molar-refractivity contribution in [2.45, 2.75) is 63.8 Å². The lowest BCUT2D eigenvalue weighted by atomic mass is 9.87. The average Bonchev–Trinajstić information content (AvgIpc) is 3.56. The van der Waals surface area contributed by atoms with Crippen LogP contribution < -0.4 is 5.32 Å². The lowest BCUT2D eigenvalue weighted by Gasteiger charge is -2.36. The van der Waals surface area contributed by atoms with Gasteiger partial charge in [0.05, 0.1) is 30.0 Å². The Morgan fingerprint density at radius 2 is 1.97 bits per heavy atom. The van der Waals surface area contributed by atoms with Crippen molar-refractivity contribution in [3.05, 3.63) is 40.3 Å². The number of hydrogen-bond donors (Lipinski definition) is 1. The number of fused-ring (bicyclic) bond motifs is 1. The summed E-state index contributed by atoms with van der Waals surface area (Å²) < 4.78 is 22.5. The topological polar surface area (TPSA) is 85.2 Å². The van der Waals surface area contributed by atoms with Gasteiger partial charge in [0.15, 0.2) is 5.15 Å². The highest BCUT2D eigenvalue weighted by Crippen LogP contribution is 2.40. The van der Waals surface area contributed by atoms with Crippen LogP contribution in [0, 0.1) is 0 Å². The Morgan fingerprint density at radius 1 is 1.20 bits per heavy atom. The zero-order valence-electron chi connectivity index (χ0n) is 19.8. The molecule has 1 N–H and O–H groups in total. The number of amides is 1. The van der Waals surface area contributed by atoms with Gasteiger partial charge in [-0.05, 0) is 57.7 Å². The van der Waals surface area contributed by atoms with Crippen molar-refractivity contribution in [1.82, 2.24) is 24.6 Å². The van der Waals surface area contributed by atoms with E-state index in [0.29, 0.717) is 51.9 Å². The molecule has 5 rings (SSSR count). The summed E-state index contributed by atoms with van der Waals surface area (Å²) in [5.41, 5.74) is 1.30. The molecule has 1 aromatic carbocycles. The Labute approximate surface area is 212 Å². The molecule has 1 aliphatic heterocycles. The number of benzene rings is 1. The number of carbonyl (C=O) groups is 1. The zero-order chi connectivity index (χ0) is 24.9. The molecular weight excluding hydrogens is 494 g/mol. The van der Waals surface area contributed by atoms with Gasteiger partial charge in [-0.3, -0.25) is 0 Å². The number of ether oxygens (including phenoxy) is 1. The predicted molar refractivity (Wildman–Crippen MR) is 133 cm³/mol. The standard InChI is InChI=1S/C24H27Cl2FN6O2/c1-24(2,3)35-23(34)32-7-6-15(18(27)12-32)16-9-19-13(8-17(16)25)10-28-22(30-19)31-20-11-29-33(21(20)26)14-4-5-14/h8-11,14-15,18H,4-7,12H2,1-3H3,(H,28,30,31)/t15-,18+/m0/s1. The Morgan fingerprint density at radius 3 is 2.66 bits per heavy atom. The van der Waals surface area contributed by atoms with Crippen LogP contribution in [0.4, 0.5) is 20.8 Å². The van der Waals surface area contributed by atoms with Gasteiger partial charge in [0.1, 0.15) is 11.8 Å². The Hall–Kier alpha value is -2.65. The van der Waals surface area contributed by atoms with Crippen molar-refractivity contribution in [3.63, 3.8) is 0 Å². The Balaban J connectivity index is 1.35. The second-order valence-corrected chi connectivity index (χ2v) is 10.9. The van der Waals surface area contributed by atoms with Gasteiger partial charge in [0, 0.05) is 29.1 Å². The van der Waals surface area contributed by atoms with Gasteiger partial charge in [0.2, 0.25) is 5.95 Å². The van der Waals surface area contributed by atoms with E-state index in [9.17, 15) is 4.79 Å². The first-order valence-electron chi connectivity index (χ1n) is 11.7. The van der Waals surface area contributed by atoms with Crippen molar-refractivity contribution in [2.75, 3.05) is 18.4 Å². The fraction of sp³-hybridized carbons (Fsp3) is 0.500. The number of rotatable bonds is 4. The number of carbonyl (C=O) groups excluding carboxylic acids is 1. The fourth-order valence-corrected chi connectivity index (χ4v) is 4.87. The van der Waals surface area contributed by atoms with E-state index in [4.69, 9.17) is 27.9 Å². The molecule has 1 amide bonds. The number of anilines is 2. The number of nitrogens with one attached hydrogen (secondary N) is 1. The summed E-state index contributed by atoms with van der Waals surface area (Å²) in [6.07, 6.45) is 4.11. The molecule has 2 fully saturated rings. The summed E-state index contributed by atoms with van der Waals surface area (Å²) in [6.45, 7) is 5.70. The van der Waals surface area contributed by atoms with Crippen molar-refractivity contribution in [2.24, 2.45) is 0 Å². The normalized spacial score (nSPS) is 20.8. The van der Waals surface area contributed by atoms with Crippen molar-refractivity contribution in [3.8, 4) is 0 Å². The maximum atomic E-state index is 15.3. The van der Waals surface area contributed by atoms with Crippen LogP contribution in [-0.2, 0) is 4.74 Å². The summed E-state index contributed by atoms with van der Waals surface area (Å²) in [6, 6.07) is 3.91. The Bertz CT molecular complexity index is 1270. The van der Waals surface area contributed by atoms with Crippen LogP contribution >= 0.6 is 23.2 Å². The molecule has 186 valence electrons. The van der Waals surface area contributed by atoms with Gasteiger partial charge in [-0.25, -0.2) is 23.8 Å². The molecule has 1 saturated carbocycles. The van der Waals surface area contributed by atoms with Crippen LogP contribution in [0.3, 0.4) is 0 Å². The number of aromatic nitrogens is 4. The molecule has 2 aliphatic rings. The van der Waals surface area contributed by atoms with E-state index in [1.165, 1.54) is 4.90 Å². The third-order valence-corrected chi connectivity index (χ3v) is 6.87. The fourth-order valence-electron chi connectivity index (χ4n) is 4.28. The van der Waals surface area contributed by atoms with E-state index in [1.807, 2.05) is 0 Å². The third kappa shape index (κ3) is 5.16. The van der Waals surface area contributed by atoms with Gasteiger partial charge in [-0.2, -0.15) is 5.10 Å². The van der Waals surface area contributed by atoms with E-state index in [0.717, 1.165) is 18.2 Å². The predicted octanol–water partition coefficient (Wildman–Crippen LogP) is 6.27. The van der Waals surface area contributed by atoms with Gasteiger partial charge in [0.25, 0.3) is 0 Å². The molecule has 2 atom stereocenters. The van der Waals surface area contributed by atoms with E-state index in [-0.39, 0.29) is 6.54 Å². The van der Waals surface area contributed by atoms with Crippen molar-refractivity contribution >= 4 is 51.8 Å². The van der Waals surface area contributed by atoms with Gasteiger partial charge in [-0.15, -0.1) is 0 Å². The van der Waals surface area contributed by atoms with Gasteiger partial charge < -0.3 is 15.0 Å². The monoisotopic (exact) mass is 520 g/mol. The summed E-state index contributed by atoms with van der Waals surface area (Å²) in [5, 5.41) is 9.18. The molecule has 1 aliphatic carbocycles. The first-order valence-corrected chi connectivity index (χ1v) is 12.4. The van der Waals surface area contributed by atoms with Crippen LogP contribution in [0.5, 0.6) is 0 Å². The van der Waals surface area contributed by atoms with Crippen LogP contribution in [0.25, 0.3) is 10.9 Å². The highest BCUT2D eigenvalue weighted by atomic mass is 35.5. The summed E-state index contributed by atoms with van der Waals surface area (Å²) in [7, 11) is 0. The molecule has 3 heterocycles. The van der Waals surface area contributed by atoms with Crippen LogP contribution in [-0.4, -0.2) is 55.6 Å². The maximum absolute atomic E-state index is 15.3. The van der Waals surface area contributed by atoms with Crippen molar-refractivity contribution < 1.29 is 13.9 Å². The molecule has 35 heavy (non-hydrogen) atoms. The first kappa shape index (κ1) is 24.1. The van der Waals surface area contributed by atoms with E-state index >= 15 is 4.39 Å². The van der Waals surface area contributed by atoms with E-state index in [2.05, 4.69) is 20.4 Å². The minimum absolute atomic E-state index is 0.0476. The number of likely N-dealkylation sites (tertiary alicyclic amines) is 1. The largest absolute Gasteiger partial charge is 0.444 e.